The van der Waals surface area contributed by atoms with Crippen LogP contribution in [0.3, 0.4) is 0 Å². The molecule has 0 aliphatic carbocycles. The van der Waals surface area contributed by atoms with Gasteiger partial charge in [0.25, 0.3) is 11.5 Å². The fourth-order valence-corrected chi connectivity index (χ4v) is 3.66. The lowest BCUT2D eigenvalue weighted by molar-refractivity contribution is 0.0788. The van der Waals surface area contributed by atoms with Gasteiger partial charge in [0.15, 0.2) is 0 Å². The van der Waals surface area contributed by atoms with Crippen LogP contribution in [0.25, 0.3) is 22.3 Å². The molecule has 0 atom stereocenters. The number of carbonyl (C=O) groups excluding carboxylic acids is 1. The molecule has 0 saturated heterocycles. The molecule has 0 radical (unpaired) electrons. The molecule has 4 rings (SSSR count). The molecule has 33 heavy (non-hydrogen) atoms. The fraction of sp³-hybridized carbons (Fsp3) is 0.261. The van der Waals surface area contributed by atoms with Crippen LogP contribution in [0.15, 0.2) is 52.1 Å². The first kappa shape index (κ1) is 22.1. The summed E-state index contributed by atoms with van der Waals surface area (Å²) in [6, 6.07) is 11.1. The molecule has 1 amide bonds. The van der Waals surface area contributed by atoms with Crippen LogP contribution in [0, 0.1) is 5.82 Å². The molecule has 10 heteroatoms. The molecule has 0 aliphatic rings. The van der Waals surface area contributed by atoms with E-state index in [9.17, 15) is 18.8 Å². The number of nitrogens with zero attached hydrogens (tertiary/aromatic N) is 5. The van der Waals surface area contributed by atoms with Gasteiger partial charge in [0.05, 0.1) is 11.1 Å². The summed E-state index contributed by atoms with van der Waals surface area (Å²) >= 11 is 0. The summed E-state index contributed by atoms with van der Waals surface area (Å²) in [5.74, 6) is -0.630. The van der Waals surface area contributed by atoms with Crippen molar-refractivity contribution < 1.29 is 9.18 Å². The van der Waals surface area contributed by atoms with E-state index in [1.54, 1.807) is 19.2 Å². The molecule has 170 valence electrons. The van der Waals surface area contributed by atoms with E-state index >= 15 is 0 Å². The monoisotopic (exact) mass is 450 g/mol. The largest absolute Gasteiger partial charge is 0.340 e. The second kappa shape index (κ2) is 8.81. The van der Waals surface area contributed by atoms with Crippen LogP contribution < -0.4 is 11.2 Å². The Kier molecular flexibility index (Phi) is 5.91. The van der Waals surface area contributed by atoms with Crippen LogP contribution in [0.1, 0.15) is 22.6 Å². The van der Waals surface area contributed by atoms with Crippen molar-refractivity contribution in [3.05, 3.63) is 80.5 Å². The van der Waals surface area contributed by atoms with E-state index in [1.807, 2.05) is 6.07 Å². The maximum absolute atomic E-state index is 13.4. The lowest BCUT2D eigenvalue weighted by Gasteiger charge is -2.17. The van der Waals surface area contributed by atoms with Crippen molar-refractivity contribution in [3.63, 3.8) is 0 Å². The van der Waals surface area contributed by atoms with Crippen LogP contribution in [0.4, 0.5) is 4.39 Å². The summed E-state index contributed by atoms with van der Waals surface area (Å²) in [6.45, 7) is 0.461. The SMILES string of the molecule is CN(CCCc1cc(-c2cccc(F)c2)n[nH]1)C(=O)c1ccc2c(=O)n(C)c(=O)n(C)c2n1. The van der Waals surface area contributed by atoms with Crippen molar-refractivity contribution in [2.45, 2.75) is 12.8 Å². The quantitative estimate of drug-likeness (QED) is 0.483. The number of aryl methyl sites for hydroxylation is 2. The lowest BCUT2D eigenvalue weighted by Crippen LogP contribution is -2.37. The highest BCUT2D eigenvalue weighted by Crippen LogP contribution is 2.19. The zero-order valence-corrected chi connectivity index (χ0v) is 18.5. The number of aromatic nitrogens is 5. The van der Waals surface area contributed by atoms with E-state index in [2.05, 4.69) is 15.2 Å². The highest BCUT2D eigenvalue weighted by molar-refractivity contribution is 5.94. The average Bonchev–Trinajstić information content (AvgIpc) is 3.29. The minimum atomic E-state index is -0.505. The first-order valence-corrected chi connectivity index (χ1v) is 10.4. The van der Waals surface area contributed by atoms with Crippen molar-refractivity contribution in [3.8, 4) is 11.3 Å². The predicted octanol–water partition coefficient (Wildman–Crippen LogP) is 1.87. The van der Waals surface area contributed by atoms with Gasteiger partial charge in [0, 0.05) is 38.9 Å². The second-order valence-corrected chi connectivity index (χ2v) is 7.89. The minimum absolute atomic E-state index is 0.156. The zero-order chi connectivity index (χ0) is 23.7. The Morgan fingerprint density at radius 3 is 2.67 bits per heavy atom. The van der Waals surface area contributed by atoms with Gasteiger partial charge in [-0.15, -0.1) is 0 Å². The van der Waals surface area contributed by atoms with Gasteiger partial charge in [-0.2, -0.15) is 5.10 Å². The number of halogens is 1. The highest BCUT2D eigenvalue weighted by Gasteiger charge is 2.17. The van der Waals surface area contributed by atoms with Crippen LogP contribution >= 0.6 is 0 Å². The van der Waals surface area contributed by atoms with E-state index in [-0.39, 0.29) is 28.5 Å². The highest BCUT2D eigenvalue weighted by atomic mass is 19.1. The molecule has 1 aromatic carbocycles. The Morgan fingerprint density at radius 1 is 1.12 bits per heavy atom. The minimum Gasteiger partial charge on any atom is -0.340 e. The van der Waals surface area contributed by atoms with E-state index in [1.165, 1.54) is 47.8 Å². The van der Waals surface area contributed by atoms with Gasteiger partial charge in [-0.1, -0.05) is 12.1 Å². The number of rotatable bonds is 6. The number of H-pyrrole nitrogens is 1. The molecule has 0 unspecified atom stereocenters. The van der Waals surface area contributed by atoms with Crippen LogP contribution in [0.5, 0.6) is 0 Å². The van der Waals surface area contributed by atoms with Gasteiger partial charge in [-0.3, -0.25) is 23.8 Å². The first-order valence-electron chi connectivity index (χ1n) is 10.4. The van der Waals surface area contributed by atoms with Crippen LogP contribution in [-0.4, -0.2) is 48.7 Å². The Hall–Kier alpha value is -4.08. The standard InChI is InChI=1S/C23H23FN6O3/c1-28(11-5-8-16-13-19(27-26-16)14-6-4-7-15(24)12-14)22(32)18-10-9-17-20(25-18)29(2)23(33)30(3)21(17)31/h4,6-7,9-10,12-13H,5,8,11H2,1-3H3,(H,26,27). The maximum Gasteiger partial charge on any atom is 0.332 e. The Morgan fingerprint density at radius 2 is 1.91 bits per heavy atom. The summed E-state index contributed by atoms with van der Waals surface area (Å²) in [4.78, 5) is 43.1. The molecule has 0 aliphatic heterocycles. The number of fused-ring (bicyclic) bond motifs is 1. The molecule has 0 bridgehead atoms. The number of hydrogen-bond donors (Lipinski definition) is 1. The van der Waals surface area contributed by atoms with Gasteiger partial charge in [0.1, 0.15) is 17.2 Å². The van der Waals surface area contributed by atoms with Crippen molar-refractivity contribution >= 4 is 16.9 Å². The van der Waals surface area contributed by atoms with Gasteiger partial charge in [-0.25, -0.2) is 14.2 Å². The van der Waals surface area contributed by atoms with Crippen molar-refractivity contribution in [2.24, 2.45) is 14.1 Å². The number of aromatic amines is 1. The lowest BCUT2D eigenvalue weighted by atomic mass is 10.1. The molecule has 9 nitrogen and oxygen atoms in total. The molecular weight excluding hydrogens is 427 g/mol. The van der Waals surface area contributed by atoms with E-state index in [0.29, 0.717) is 30.6 Å². The van der Waals surface area contributed by atoms with E-state index in [4.69, 9.17) is 0 Å². The molecular formula is C23H23FN6O3. The van der Waals surface area contributed by atoms with Gasteiger partial charge < -0.3 is 4.90 Å². The summed E-state index contributed by atoms with van der Waals surface area (Å²) in [5.41, 5.74) is 1.60. The summed E-state index contributed by atoms with van der Waals surface area (Å²) < 4.78 is 15.7. The topological polar surface area (TPSA) is 106 Å². The van der Waals surface area contributed by atoms with Crippen LogP contribution in [0.2, 0.25) is 0 Å². The summed E-state index contributed by atoms with van der Waals surface area (Å²) in [5, 5.41) is 7.45. The smallest absolute Gasteiger partial charge is 0.332 e. The Labute approximate surface area is 188 Å². The first-order chi connectivity index (χ1) is 15.8. The zero-order valence-electron chi connectivity index (χ0n) is 18.5. The molecule has 1 N–H and O–H groups in total. The van der Waals surface area contributed by atoms with E-state index in [0.717, 1.165) is 10.3 Å². The maximum atomic E-state index is 13.4. The Balaban J connectivity index is 1.43. The molecule has 0 saturated carbocycles. The summed E-state index contributed by atoms with van der Waals surface area (Å²) in [6.07, 6.45) is 1.31. The number of hydrogen-bond acceptors (Lipinski definition) is 5. The Bertz CT molecular complexity index is 1470. The number of benzene rings is 1. The van der Waals surface area contributed by atoms with Crippen LogP contribution in [-0.2, 0) is 20.5 Å². The fourth-order valence-electron chi connectivity index (χ4n) is 3.66. The second-order valence-electron chi connectivity index (χ2n) is 7.89. The average molecular weight is 450 g/mol. The van der Waals surface area contributed by atoms with Gasteiger partial charge >= 0.3 is 5.69 Å². The van der Waals surface area contributed by atoms with Gasteiger partial charge in [-0.05, 0) is 43.2 Å². The van der Waals surface area contributed by atoms with Crippen molar-refractivity contribution in [2.75, 3.05) is 13.6 Å². The van der Waals surface area contributed by atoms with Crippen molar-refractivity contribution in [1.82, 2.24) is 29.2 Å². The molecule has 3 aromatic heterocycles. The third-order valence-electron chi connectivity index (χ3n) is 5.56. The number of amides is 1. The normalized spacial score (nSPS) is 11.2. The number of carbonyl (C=O) groups is 1. The van der Waals surface area contributed by atoms with Crippen molar-refractivity contribution in [1.29, 1.82) is 0 Å². The number of pyridine rings is 1. The molecule has 4 aromatic rings. The predicted molar refractivity (Wildman–Crippen MR) is 121 cm³/mol. The molecule has 0 fully saturated rings. The van der Waals surface area contributed by atoms with E-state index < -0.39 is 11.2 Å². The molecule has 3 heterocycles. The third kappa shape index (κ3) is 4.32. The number of nitrogens with one attached hydrogen (secondary N) is 1. The third-order valence-corrected chi connectivity index (χ3v) is 5.56. The van der Waals surface area contributed by atoms with Gasteiger partial charge in [0.2, 0.25) is 0 Å². The molecule has 0 spiro atoms. The summed E-state index contributed by atoms with van der Waals surface area (Å²) in [7, 11) is 4.58.